The third-order valence-electron chi connectivity index (χ3n) is 5.35. The fourth-order valence-electron chi connectivity index (χ4n) is 3.38. The van der Waals surface area contributed by atoms with Gasteiger partial charge >= 0.3 is 12.4 Å². The van der Waals surface area contributed by atoms with Gasteiger partial charge in [0.1, 0.15) is 0 Å². The highest BCUT2D eigenvalue weighted by Gasteiger charge is 2.34. The molecular formula is C25H25ClF6N4O3. The van der Waals surface area contributed by atoms with E-state index in [1.165, 1.54) is 0 Å². The number of halogens is 7. The summed E-state index contributed by atoms with van der Waals surface area (Å²) >= 11 is 6.26. The zero-order valence-corrected chi connectivity index (χ0v) is 21.3. The fraction of sp³-hybridized carbons (Fsp3) is 0.360. The molecule has 7 nitrogen and oxygen atoms in total. The van der Waals surface area contributed by atoms with Gasteiger partial charge in [-0.25, -0.2) is 4.99 Å². The van der Waals surface area contributed by atoms with E-state index in [-0.39, 0.29) is 10.7 Å². The second-order valence-corrected chi connectivity index (χ2v) is 8.80. The predicted octanol–water partition coefficient (Wildman–Crippen LogP) is 5.36. The quantitative estimate of drug-likeness (QED) is 0.384. The van der Waals surface area contributed by atoms with Crippen LogP contribution in [0.3, 0.4) is 0 Å². The van der Waals surface area contributed by atoms with Crippen molar-refractivity contribution in [2.24, 2.45) is 16.6 Å². The van der Waals surface area contributed by atoms with Crippen LogP contribution in [0, 0.1) is 5.92 Å². The largest absolute Gasteiger partial charge is 0.389 e. The van der Waals surface area contributed by atoms with Crippen LogP contribution in [0.1, 0.15) is 43.7 Å². The standard InChI is InChI=1S/C22H20ClF3N4O3.C3H5F3/c23-15-8-4-7-14-17(12-5-2-1-3-6-12)28-19(21(33)29-18(14)15)30-20(32)13(11-16(27)31)9-10-22(24,25)26;1-2-3(4,5)6/h1-8,13,19H,9-11H2,(H2,27,31)(H,29,33)(H,30,32);2H2,1H3. The Hall–Kier alpha value is -3.61. The normalized spacial score (nSPS) is 15.9. The van der Waals surface area contributed by atoms with Gasteiger partial charge in [0.25, 0.3) is 5.91 Å². The molecule has 14 heteroatoms. The van der Waals surface area contributed by atoms with Crippen LogP contribution in [0.2, 0.25) is 5.02 Å². The molecule has 1 aliphatic heterocycles. The zero-order chi connectivity index (χ0) is 29.4. The summed E-state index contributed by atoms with van der Waals surface area (Å²) in [6.45, 7) is 1.08. The molecule has 0 aliphatic carbocycles. The number of nitrogens with one attached hydrogen (secondary N) is 2. The highest BCUT2D eigenvalue weighted by atomic mass is 35.5. The van der Waals surface area contributed by atoms with Crippen molar-refractivity contribution >= 4 is 40.7 Å². The average Bonchev–Trinajstić information content (AvgIpc) is 2.99. The van der Waals surface area contributed by atoms with Gasteiger partial charge in [0.05, 0.1) is 16.4 Å². The number of primary amides is 1. The maximum absolute atomic E-state index is 12.8. The monoisotopic (exact) mass is 578 g/mol. The van der Waals surface area contributed by atoms with Crippen molar-refractivity contribution in [2.45, 2.75) is 51.1 Å². The summed E-state index contributed by atoms with van der Waals surface area (Å²) in [5.74, 6) is -3.99. The van der Waals surface area contributed by atoms with Gasteiger partial charge in [0.2, 0.25) is 18.0 Å². The van der Waals surface area contributed by atoms with Crippen LogP contribution in [0.5, 0.6) is 0 Å². The first-order valence-electron chi connectivity index (χ1n) is 11.6. The van der Waals surface area contributed by atoms with Crippen molar-refractivity contribution in [2.75, 3.05) is 5.32 Å². The number of rotatable bonds is 7. The summed E-state index contributed by atoms with van der Waals surface area (Å²) in [7, 11) is 0. The van der Waals surface area contributed by atoms with Crippen LogP contribution >= 0.6 is 11.6 Å². The highest BCUT2D eigenvalue weighted by molar-refractivity contribution is 6.36. The number of hydrogen-bond acceptors (Lipinski definition) is 4. The van der Waals surface area contributed by atoms with Crippen LogP contribution in [0.15, 0.2) is 53.5 Å². The van der Waals surface area contributed by atoms with Gasteiger partial charge in [-0.2, -0.15) is 26.3 Å². The van der Waals surface area contributed by atoms with E-state index in [0.29, 0.717) is 16.8 Å². The molecule has 39 heavy (non-hydrogen) atoms. The second kappa shape index (κ2) is 13.5. The number of benzene rings is 2. The third-order valence-corrected chi connectivity index (χ3v) is 5.66. The van der Waals surface area contributed by atoms with Crippen LogP contribution in [0.4, 0.5) is 32.0 Å². The van der Waals surface area contributed by atoms with Crippen LogP contribution < -0.4 is 16.4 Å². The number of aliphatic imine (C=N–C) groups is 1. The molecular weight excluding hydrogens is 554 g/mol. The number of anilines is 1. The summed E-state index contributed by atoms with van der Waals surface area (Å²) in [5.41, 5.74) is 6.87. The molecule has 2 aromatic carbocycles. The highest BCUT2D eigenvalue weighted by Crippen LogP contribution is 2.31. The Morgan fingerprint density at radius 3 is 2.21 bits per heavy atom. The Morgan fingerprint density at radius 2 is 1.67 bits per heavy atom. The van der Waals surface area contributed by atoms with E-state index in [4.69, 9.17) is 17.3 Å². The molecule has 0 aromatic heterocycles. The number of nitrogens with two attached hydrogens (primary N) is 1. The molecule has 0 saturated heterocycles. The van der Waals surface area contributed by atoms with Crippen LogP contribution in [0.25, 0.3) is 0 Å². The van der Waals surface area contributed by atoms with Gasteiger partial charge in [0, 0.05) is 36.3 Å². The molecule has 0 radical (unpaired) electrons. The van der Waals surface area contributed by atoms with Crippen molar-refractivity contribution in [3.8, 4) is 0 Å². The molecule has 0 spiro atoms. The molecule has 4 N–H and O–H groups in total. The van der Waals surface area contributed by atoms with E-state index in [1.807, 2.05) is 0 Å². The number of alkyl halides is 6. The van der Waals surface area contributed by atoms with Crippen molar-refractivity contribution in [3.63, 3.8) is 0 Å². The number of hydrogen-bond donors (Lipinski definition) is 3. The molecule has 3 rings (SSSR count). The molecule has 0 bridgehead atoms. The summed E-state index contributed by atoms with van der Waals surface area (Å²) in [6, 6.07) is 13.7. The van der Waals surface area contributed by atoms with Crippen molar-refractivity contribution in [1.82, 2.24) is 5.32 Å². The van der Waals surface area contributed by atoms with Gasteiger partial charge in [-0.1, -0.05) is 61.0 Å². The zero-order valence-electron chi connectivity index (χ0n) is 20.5. The Kier molecular flexibility index (Phi) is 10.9. The SMILES string of the molecule is CCC(F)(F)F.NC(=O)CC(CCC(F)(F)F)C(=O)NC1N=C(c2ccccc2)c2cccc(Cl)c2NC1=O. The Labute approximate surface area is 224 Å². The Morgan fingerprint density at radius 1 is 1.05 bits per heavy atom. The Balaban J connectivity index is 0.000000798. The number of carbonyl (C=O) groups is 3. The molecule has 2 aromatic rings. The molecule has 1 heterocycles. The van der Waals surface area contributed by atoms with Crippen LogP contribution in [-0.4, -0.2) is 42.0 Å². The number of nitrogens with zero attached hydrogens (tertiary/aromatic N) is 1. The molecule has 0 saturated carbocycles. The molecule has 212 valence electrons. The minimum absolute atomic E-state index is 0.244. The van der Waals surface area contributed by atoms with Gasteiger partial charge < -0.3 is 16.4 Å². The van der Waals surface area contributed by atoms with Gasteiger partial charge in [-0.3, -0.25) is 14.4 Å². The van der Waals surface area contributed by atoms with Crippen molar-refractivity contribution in [1.29, 1.82) is 0 Å². The van der Waals surface area contributed by atoms with E-state index in [9.17, 15) is 40.7 Å². The topological polar surface area (TPSA) is 114 Å². The first-order chi connectivity index (χ1) is 18.1. The molecule has 1 aliphatic rings. The lowest BCUT2D eigenvalue weighted by Gasteiger charge is -2.19. The number of fused-ring (bicyclic) bond motifs is 1. The van der Waals surface area contributed by atoms with E-state index >= 15 is 0 Å². The number of benzodiazepines with no additional fused rings is 1. The number of carbonyl (C=O) groups excluding carboxylic acids is 3. The minimum atomic E-state index is -4.52. The fourth-order valence-corrected chi connectivity index (χ4v) is 3.60. The predicted molar refractivity (Wildman–Crippen MR) is 133 cm³/mol. The summed E-state index contributed by atoms with van der Waals surface area (Å²) < 4.78 is 70.4. The summed E-state index contributed by atoms with van der Waals surface area (Å²) in [6.07, 6.45) is -13.2. The number of para-hydroxylation sites is 1. The van der Waals surface area contributed by atoms with Crippen molar-refractivity contribution < 1.29 is 40.7 Å². The lowest BCUT2D eigenvalue weighted by molar-refractivity contribution is -0.143. The molecule has 2 atom stereocenters. The first kappa shape index (κ1) is 31.6. The lowest BCUT2D eigenvalue weighted by atomic mass is 9.97. The summed E-state index contributed by atoms with van der Waals surface area (Å²) in [4.78, 5) is 41.3. The summed E-state index contributed by atoms with van der Waals surface area (Å²) in [5, 5.41) is 5.20. The maximum Gasteiger partial charge on any atom is 0.389 e. The first-order valence-corrected chi connectivity index (χ1v) is 11.9. The molecule has 3 amide bonds. The molecule has 2 unspecified atom stereocenters. The van der Waals surface area contributed by atoms with E-state index < -0.39 is 67.8 Å². The Bertz CT molecular complexity index is 1200. The van der Waals surface area contributed by atoms with E-state index in [2.05, 4.69) is 15.6 Å². The van der Waals surface area contributed by atoms with E-state index in [1.54, 1.807) is 48.5 Å². The van der Waals surface area contributed by atoms with Crippen molar-refractivity contribution in [3.05, 3.63) is 64.7 Å². The molecule has 0 fully saturated rings. The lowest BCUT2D eigenvalue weighted by Crippen LogP contribution is -2.45. The minimum Gasteiger partial charge on any atom is -0.370 e. The second-order valence-electron chi connectivity index (χ2n) is 8.40. The smallest absolute Gasteiger partial charge is 0.370 e. The van der Waals surface area contributed by atoms with Gasteiger partial charge in [0.15, 0.2) is 0 Å². The van der Waals surface area contributed by atoms with Gasteiger partial charge in [-0.05, 0) is 12.5 Å². The van der Waals surface area contributed by atoms with Crippen LogP contribution in [-0.2, 0) is 14.4 Å². The van der Waals surface area contributed by atoms with E-state index in [0.717, 1.165) is 6.92 Å². The van der Waals surface area contributed by atoms with Gasteiger partial charge in [-0.15, -0.1) is 0 Å². The average molecular weight is 579 g/mol. The maximum atomic E-state index is 12.8. The third kappa shape index (κ3) is 10.2. The number of amides is 3.